The van der Waals surface area contributed by atoms with Gasteiger partial charge in [-0.1, -0.05) is 30.9 Å². The van der Waals surface area contributed by atoms with Gasteiger partial charge in [0.25, 0.3) is 5.91 Å². The van der Waals surface area contributed by atoms with E-state index in [9.17, 15) is 9.18 Å². The van der Waals surface area contributed by atoms with Gasteiger partial charge in [0.1, 0.15) is 5.52 Å². The molecular formula is C33H40FN7O2. The van der Waals surface area contributed by atoms with Gasteiger partial charge in [-0.05, 0) is 81.1 Å². The first-order valence-corrected chi connectivity index (χ1v) is 14.7. The zero-order valence-electron chi connectivity index (χ0n) is 25.6. The Morgan fingerprint density at radius 2 is 1.81 bits per heavy atom. The maximum Gasteiger partial charge on any atom is 0.318 e. The van der Waals surface area contributed by atoms with Crippen LogP contribution in [0.2, 0.25) is 0 Å². The van der Waals surface area contributed by atoms with Gasteiger partial charge in [-0.2, -0.15) is 15.2 Å². The number of nitrogens with zero attached hydrogens (tertiary/aromatic N) is 7. The molecule has 10 heteroatoms. The number of amides is 1. The number of fused-ring (bicyclic) bond motifs is 2. The molecule has 0 unspecified atom stereocenters. The van der Waals surface area contributed by atoms with Crippen molar-refractivity contribution in [1.82, 2.24) is 24.8 Å². The Balaban J connectivity index is 0.000000408. The number of carbonyl (C=O) groups is 1. The minimum Gasteiger partial charge on any atom is -0.467 e. The van der Waals surface area contributed by atoms with Gasteiger partial charge in [-0.3, -0.25) is 9.78 Å². The third kappa shape index (κ3) is 7.54. The third-order valence-corrected chi connectivity index (χ3v) is 7.83. The van der Waals surface area contributed by atoms with Crippen LogP contribution in [0.1, 0.15) is 44.2 Å². The van der Waals surface area contributed by atoms with E-state index in [0.29, 0.717) is 43.0 Å². The van der Waals surface area contributed by atoms with Crippen LogP contribution in [-0.2, 0) is 11.2 Å². The lowest BCUT2D eigenvalue weighted by Crippen LogP contribution is -2.49. The van der Waals surface area contributed by atoms with Crippen LogP contribution in [0.15, 0.2) is 48.9 Å². The number of pyridine rings is 1. The molecule has 0 spiro atoms. The molecule has 3 aromatic rings. The maximum atomic E-state index is 13.3. The molecule has 43 heavy (non-hydrogen) atoms. The average Bonchev–Trinajstić information content (AvgIpc) is 3.51. The van der Waals surface area contributed by atoms with E-state index in [1.807, 2.05) is 17.2 Å². The van der Waals surface area contributed by atoms with Crippen molar-refractivity contribution in [2.45, 2.75) is 39.5 Å². The molecule has 1 amide bonds. The molecule has 1 aromatic carbocycles. The molecule has 0 bridgehead atoms. The minimum atomic E-state index is -0.940. The second-order valence-corrected chi connectivity index (χ2v) is 10.8. The van der Waals surface area contributed by atoms with Crippen LogP contribution < -0.4 is 9.64 Å². The lowest BCUT2D eigenvalue weighted by atomic mass is 9.86. The summed E-state index contributed by atoms with van der Waals surface area (Å²) < 4.78 is 18.7. The molecule has 0 saturated carbocycles. The summed E-state index contributed by atoms with van der Waals surface area (Å²) in [7, 11) is 3.71. The monoisotopic (exact) mass is 585 g/mol. The van der Waals surface area contributed by atoms with Gasteiger partial charge >= 0.3 is 6.01 Å². The number of carbonyl (C=O) groups excluding carboxylic acids is 1. The van der Waals surface area contributed by atoms with Crippen molar-refractivity contribution in [3.05, 3.63) is 60.1 Å². The van der Waals surface area contributed by atoms with E-state index in [-0.39, 0.29) is 6.01 Å². The number of hydrogen-bond donors (Lipinski definition) is 0. The highest BCUT2D eigenvalue weighted by molar-refractivity contribution is 5.92. The highest BCUT2D eigenvalue weighted by atomic mass is 19.1. The molecule has 2 fully saturated rings. The summed E-state index contributed by atoms with van der Waals surface area (Å²) in [4.78, 5) is 31.7. The summed E-state index contributed by atoms with van der Waals surface area (Å²) in [6.07, 6.45) is 9.07. The van der Waals surface area contributed by atoms with E-state index in [4.69, 9.17) is 15.0 Å². The number of piperazine rings is 1. The lowest BCUT2D eigenvalue weighted by molar-refractivity contribution is -0.128. The van der Waals surface area contributed by atoms with E-state index >= 15 is 0 Å². The van der Waals surface area contributed by atoms with Crippen LogP contribution in [0.25, 0.3) is 27.7 Å². The number of rotatable bonds is 4. The Kier molecular flexibility index (Phi) is 10.8. The van der Waals surface area contributed by atoms with E-state index in [1.54, 1.807) is 6.07 Å². The smallest absolute Gasteiger partial charge is 0.318 e. The van der Waals surface area contributed by atoms with Gasteiger partial charge in [-0.15, -0.1) is 0 Å². The Labute approximate surface area is 253 Å². The van der Waals surface area contributed by atoms with Crippen molar-refractivity contribution >= 4 is 28.3 Å². The number of halogens is 1. The highest BCUT2D eigenvalue weighted by Gasteiger charge is 2.26. The number of anilines is 1. The van der Waals surface area contributed by atoms with E-state index < -0.39 is 11.7 Å². The van der Waals surface area contributed by atoms with Crippen LogP contribution in [0.4, 0.5) is 10.2 Å². The number of ether oxygens (including phenoxy) is 1. The first-order chi connectivity index (χ1) is 20.8. The predicted octanol–water partition coefficient (Wildman–Crippen LogP) is 5.42. The van der Waals surface area contributed by atoms with E-state index in [1.165, 1.54) is 61.6 Å². The topological polar surface area (TPSA) is 98.5 Å². The van der Waals surface area contributed by atoms with Gasteiger partial charge in [0, 0.05) is 44.9 Å². The molecule has 9 nitrogen and oxygen atoms in total. The molecule has 226 valence electrons. The van der Waals surface area contributed by atoms with Crippen LogP contribution in [0.5, 0.6) is 6.01 Å². The van der Waals surface area contributed by atoms with Gasteiger partial charge in [0.2, 0.25) is 0 Å². The summed E-state index contributed by atoms with van der Waals surface area (Å²) in [6, 6.07) is 10.4. The second kappa shape index (κ2) is 14.7. The average molecular weight is 586 g/mol. The molecular weight excluding hydrogens is 545 g/mol. The predicted molar refractivity (Wildman–Crippen MR) is 168 cm³/mol. The van der Waals surface area contributed by atoms with Crippen molar-refractivity contribution in [2.24, 2.45) is 0 Å². The number of hydrogen-bond acceptors (Lipinski definition) is 8. The number of benzene rings is 1. The Morgan fingerprint density at radius 1 is 1.12 bits per heavy atom. The zero-order chi connectivity index (χ0) is 30.9. The zero-order valence-corrected chi connectivity index (χ0v) is 25.6. The van der Waals surface area contributed by atoms with Crippen LogP contribution in [0, 0.1) is 11.3 Å². The summed E-state index contributed by atoms with van der Waals surface area (Å²) in [5.41, 5.74) is 7.37. The molecule has 2 aliphatic heterocycles. The number of aryl methyl sites for hydroxylation is 1. The fraction of sp³-hybridized carbons (Fsp3) is 0.424. The normalized spacial score (nSPS) is 16.1. The molecule has 1 aliphatic carbocycles. The van der Waals surface area contributed by atoms with E-state index in [2.05, 4.69) is 59.7 Å². The standard InChI is InChI=1S/C26H26FN5O2.C5H11N.C2H3N/c1-16-6-4-7-18-8-5-9-20(22(16)18)19-14-21-23(28-15-19)24(30-26(29-21)34-3)31-10-12-32(13-11-31)25(33)17(2)27;1-6-4-2-3-5-6;1-2-3/h5-6,8-9,14-15H,2,4,7,10-13H2,1,3H3;2-5H2,1H3;1H3. The largest absolute Gasteiger partial charge is 0.467 e. The Bertz CT molecular complexity index is 1530. The molecule has 6 rings (SSSR count). The van der Waals surface area contributed by atoms with Crippen molar-refractivity contribution in [3.63, 3.8) is 0 Å². The van der Waals surface area contributed by atoms with Gasteiger partial charge in [-0.25, -0.2) is 4.39 Å². The van der Waals surface area contributed by atoms with Crippen LogP contribution in [-0.4, -0.2) is 84.1 Å². The summed E-state index contributed by atoms with van der Waals surface area (Å²) in [5, 5.41) is 7.32. The molecule has 0 atom stereocenters. The van der Waals surface area contributed by atoms with Crippen molar-refractivity contribution in [1.29, 1.82) is 5.26 Å². The quantitative estimate of drug-likeness (QED) is 0.374. The number of allylic oxidation sites excluding steroid dienone is 2. The molecule has 3 aliphatic rings. The fourth-order valence-electron chi connectivity index (χ4n) is 5.67. The van der Waals surface area contributed by atoms with Crippen LogP contribution >= 0.6 is 0 Å². The van der Waals surface area contributed by atoms with Gasteiger partial charge < -0.3 is 19.4 Å². The SMILES string of the molecule is C=C(F)C(=O)N1CCN(c2nc(OC)nc3cc(-c4cccc5c4C(C)=CCC5)cnc23)CC1.CC#N.CN1CCCC1. The van der Waals surface area contributed by atoms with Gasteiger partial charge in [0.05, 0.1) is 18.7 Å². The van der Waals surface area contributed by atoms with Crippen molar-refractivity contribution in [3.8, 4) is 23.2 Å². The fourth-order valence-corrected chi connectivity index (χ4v) is 5.67. The first kappa shape index (κ1) is 31.6. The number of methoxy groups -OCH3 is 1. The number of aromatic nitrogens is 3. The number of nitriles is 1. The lowest BCUT2D eigenvalue weighted by Gasteiger charge is -2.35. The minimum absolute atomic E-state index is 0.253. The maximum absolute atomic E-state index is 13.3. The Morgan fingerprint density at radius 3 is 2.42 bits per heavy atom. The molecule has 0 N–H and O–H groups in total. The third-order valence-electron chi connectivity index (χ3n) is 7.83. The molecule has 2 aromatic heterocycles. The van der Waals surface area contributed by atoms with Crippen LogP contribution in [0.3, 0.4) is 0 Å². The molecule has 0 radical (unpaired) electrons. The van der Waals surface area contributed by atoms with E-state index in [0.717, 1.165) is 24.0 Å². The first-order valence-electron chi connectivity index (χ1n) is 14.7. The molecule has 4 heterocycles. The highest BCUT2D eigenvalue weighted by Crippen LogP contribution is 2.36. The summed E-state index contributed by atoms with van der Waals surface area (Å²) in [5.74, 6) is -0.959. The van der Waals surface area contributed by atoms with Gasteiger partial charge in [0.15, 0.2) is 11.6 Å². The summed E-state index contributed by atoms with van der Waals surface area (Å²) in [6.45, 7) is 11.1. The second-order valence-electron chi connectivity index (χ2n) is 10.8. The van der Waals surface area contributed by atoms with Crippen molar-refractivity contribution < 1.29 is 13.9 Å². The van der Waals surface area contributed by atoms with Crippen molar-refractivity contribution in [2.75, 3.05) is 58.3 Å². The number of likely N-dealkylation sites (tertiary alicyclic amines) is 1. The molecule has 2 saturated heterocycles. The summed E-state index contributed by atoms with van der Waals surface area (Å²) >= 11 is 0. The Hall–Kier alpha value is -4.36.